The third kappa shape index (κ3) is 2.66. The smallest absolute Gasteiger partial charge is 0.243 e. The normalized spacial score (nSPS) is 16.4. The van der Waals surface area contributed by atoms with Crippen LogP contribution in [-0.2, 0) is 10.0 Å². The van der Waals surface area contributed by atoms with E-state index in [1.807, 2.05) is 0 Å². The van der Waals surface area contributed by atoms with Gasteiger partial charge < -0.3 is 5.73 Å². The number of aryl methyl sites for hydroxylation is 1. The maximum Gasteiger partial charge on any atom is 0.243 e. The van der Waals surface area contributed by atoms with Crippen LogP contribution in [0.1, 0.15) is 30.4 Å². The zero-order chi connectivity index (χ0) is 14.2. The molecule has 0 saturated heterocycles. The first-order valence-electron chi connectivity index (χ1n) is 6.22. The summed E-state index contributed by atoms with van der Waals surface area (Å²) in [7, 11) is -1.82. The van der Waals surface area contributed by atoms with Crippen molar-refractivity contribution in [1.82, 2.24) is 4.31 Å². The Morgan fingerprint density at radius 3 is 2.53 bits per heavy atom. The zero-order valence-corrected chi connectivity index (χ0v) is 12.7. The van der Waals surface area contributed by atoms with Crippen molar-refractivity contribution in [3.05, 3.63) is 29.3 Å². The van der Waals surface area contributed by atoms with Gasteiger partial charge in [0.15, 0.2) is 0 Å². The monoisotopic (exact) mass is 298 g/mol. The number of sulfonamides is 1. The Morgan fingerprint density at radius 2 is 2.05 bits per heavy atom. The summed E-state index contributed by atoms with van der Waals surface area (Å²) in [6.45, 7) is 1.78. The summed E-state index contributed by atoms with van der Waals surface area (Å²) in [6.07, 6.45) is 2.96. The van der Waals surface area contributed by atoms with Crippen LogP contribution in [0.4, 0.5) is 0 Å². The highest BCUT2D eigenvalue weighted by molar-refractivity contribution is 7.89. The molecule has 2 N–H and O–H groups in total. The number of rotatable bonds is 4. The maximum atomic E-state index is 12.6. The summed E-state index contributed by atoms with van der Waals surface area (Å²) >= 11 is 4.91. The van der Waals surface area contributed by atoms with Gasteiger partial charge in [-0.05, 0) is 31.4 Å². The van der Waals surface area contributed by atoms with E-state index in [1.165, 1.54) is 4.31 Å². The second-order valence-electron chi connectivity index (χ2n) is 4.95. The Bertz CT molecular complexity index is 607. The van der Waals surface area contributed by atoms with E-state index in [9.17, 15) is 8.42 Å². The van der Waals surface area contributed by atoms with Gasteiger partial charge in [0.2, 0.25) is 10.0 Å². The van der Waals surface area contributed by atoms with Crippen molar-refractivity contribution in [3.8, 4) is 0 Å². The molecule has 0 heterocycles. The molecule has 104 valence electrons. The van der Waals surface area contributed by atoms with Crippen molar-refractivity contribution in [3.63, 3.8) is 0 Å². The minimum atomic E-state index is -3.47. The van der Waals surface area contributed by atoms with Gasteiger partial charge in [0.25, 0.3) is 0 Å². The number of hydrogen-bond acceptors (Lipinski definition) is 3. The largest absolute Gasteiger partial charge is 0.389 e. The molecule has 4 nitrogen and oxygen atoms in total. The Hall–Kier alpha value is -0.980. The lowest BCUT2D eigenvalue weighted by Crippen LogP contribution is -2.41. The molecule has 0 atom stereocenters. The van der Waals surface area contributed by atoms with Gasteiger partial charge in [-0.15, -0.1) is 0 Å². The predicted molar refractivity (Wildman–Crippen MR) is 79.7 cm³/mol. The second-order valence-corrected chi connectivity index (χ2v) is 7.36. The molecule has 0 aromatic heterocycles. The van der Waals surface area contributed by atoms with Crippen LogP contribution in [0.5, 0.6) is 0 Å². The van der Waals surface area contributed by atoms with E-state index >= 15 is 0 Å². The van der Waals surface area contributed by atoms with Gasteiger partial charge in [0.05, 0.1) is 4.90 Å². The van der Waals surface area contributed by atoms with E-state index in [4.69, 9.17) is 18.0 Å². The van der Waals surface area contributed by atoms with Crippen LogP contribution >= 0.6 is 12.2 Å². The van der Waals surface area contributed by atoms with E-state index in [0.29, 0.717) is 16.0 Å². The average Bonchev–Trinajstić information content (AvgIpc) is 2.26. The van der Waals surface area contributed by atoms with Crippen molar-refractivity contribution >= 4 is 27.2 Å². The molecular formula is C13H18N2O2S2. The van der Waals surface area contributed by atoms with E-state index in [2.05, 4.69) is 0 Å². The summed E-state index contributed by atoms with van der Waals surface area (Å²) < 4.78 is 26.7. The molecule has 2 rings (SSSR count). The highest BCUT2D eigenvalue weighted by atomic mass is 32.2. The van der Waals surface area contributed by atoms with Crippen molar-refractivity contribution in [2.75, 3.05) is 7.05 Å². The molecule has 1 saturated carbocycles. The third-order valence-corrected chi connectivity index (χ3v) is 6.01. The highest BCUT2D eigenvalue weighted by Gasteiger charge is 2.32. The van der Waals surface area contributed by atoms with Crippen LogP contribution < -0.4 is 5.73 Å². The van der Waals surface area contributed by atoms with Crippen molar-refractivity contribution in [2.24, 2.45) is 5.73 Å². The number of nitrogens with two attached hydrogens (primary N) is 1. The van der Waals surface area contributed by atoms with Crippen molar-refractivity contribution < 1.29 is 8.42 Å². The van der Waals surface area contributed by atoms with Crippen LogP contribution in [0, 0.1) is 6.92 Å². The summed E-state index contributed by atoms with van der Waals surface area (Å²) in [5.74, 6) is 0. The molecule has 6 heteroatoms. The van der Waals surface area contributed by atoms with E-state index in [0.717, 1.165) is 19.3 Å². The molecule has 0 radical (unpaired) electrons. The molecule has 0 aliphatic heterocycles. The minimum absolute atomic E-state index is 0.123. The SMILES string of the molecule is Cc1ccc(C(N)=S)cc1S(=O)(=O)N(C)C1CCC1. The molecule has 0 spiro atoms. The minimum Gasteiger partial charge on any atom is -0.389 e. The fraction of sp³-hybridized carbons (Fsp3) is 0.462. The summed E-state index contributed by atoms with van der Waals surface area (Å²) in [4.78, 5) is 0.509. The number of thiocarbonyl (C=S) groups is 1. The lowest BCUT2D eigenvalue weighted by molar-refractivity contribution is 0.249. The van der Waals surface area contributed by atoms with Gasteiger partial charge in [-0.3, -0.25) is 0 Å². The lowest BCUT2D eigenvalue weighted by Gasteiger charge is -2.34. The van der Waals surface area contributed by atoms with Gasteiger partial charge in [0, 0.05) is 18.7 Å². The predicted octanol–water partition coefficient (Wildman–Crippen LogP) is 1.80. The zero-order valence-electron chi connectivity index (χ0n) is 11.1. The summed E-state index contributed by atoms with van der Waals surface area (Å²) in [5, 5.41) is 0. The van der Waals surface area contributed by atoms with Gasteiger partial charge in [0.1, 0.15) is 4.99 Å². The van der Waals surface area contributed by atoms with Gasteiger partial charge >= 0.3 is 0 Å². The van der Waals surface area contributed by atoms with Gasteiger partial charge in [-0.1, -0.05) is 30.8 Å². The fourth-order valence-electron chi connectivity index (χ4n) is 2.13. The molecule has 0 amide bonds. The molecule has 0 bridgehead atoms. The van der Waals surface area contributed by atoms with E-state index < -0.39 is 10.0 Å². The molecule has 0 unspecified atom stereocenters. The first kappa shape index (κ1) is 14.4. The topological polar surface area (TPSA) is 63.4 Å². The summed E-state index contributed by atoms with van der Waals surface area (Å²) in [5.41, 5.74) is 6.87. The van der Waals surface area contributed by atoms with Gasteiger partial charge in [-0.2, -0.15) is 4.31 Å². The molecule has 1 aromatic carbocycles. The Kier molecular flexibility index (Phi) is 3.94. The molecule has 1 aliphatic carbocycles. The molecule has 1 aliphatic rings. The molecule has 19 heavy (non-hydrogen) atoms. The molecule has 1 fully saturated rings. The van der Waals surface area contributed by atoms with Crippen molar-refractivity contribution in [1.29, 1.82) is 0 Å². The number of benzene rings is 1. The highest BCUT2D eigenvalue weighted by Crippen LogP contribution is 2.29. The Morgan fingerprint density at radius 1 is 1.42 bits per heavy atom. The lowest BCUT2D eigenvalue weighted by atomic mass is 9.94. The van der Waals surface area contributed by atoms with Crippen molar-refractivity contribution in [2.45, 2.75) is 37.1 Å². The van der Waals surface area contributed by atoms with Crippen LogP contribution in [0.3, 0.4) is 0 Å². The quantitative estimate of drug-likeness (QED) is 0.861. The number of hydrogen-bond donors (Lipinski definition) is 1. The van der Waals surface area contributed by atoms with Gasteiger partial charge in [-0.25, -0.2) is 8.42 Å². The van der Waals surface area contributed by atoms with Crippen LogP contribution in [0.2, 0.25) is 0 Å². The second kappa shape index (κ2) is 5.19. The molecular weight excluding hydrogens is 280 g/mol. The first-order valence-corrected chi connectivity index (χ1v) is 8.07. The Labute approximate surface area is 119 Å². The number of nitrogens with zero attached hydrogens (tertiary/aromatic N) is 1. The van der Waals surface area contributed by atoms with E-state index in [1.54, 1.807) is 32.2 Å². The molecule has 1 aromatic rings. The summed E-state index contributed by atoms with van der Waals surface area (Å²) in [6, 6.07) is 5.19. The first-order chi connectivity index (χ1) is 8.84. The maximum absolute atomic E-state index is 12.6. The van der Waals surface area contributed by atoms with Crippen LogP contribution in [0.15, 0.2) is 23.1 Å². The van der Waals surface area contributed by atoms with Crippen LogP contribution in [0.25, 0.3) is 0 Å². The average molecular weight is 298 g/mol. The standard InChI is InChI=1S/C13H18N2O2S2/c1-9-6-7-10(13(14)18)8-12(9)19(16,17)15(2)11-4-3-5-11/h6-8,11H,3-5H2,1-2H3,(H2,14,18). The third-order valence-electron chi connectivity index (χ3n) is 3.72. The fourth-order valence-corrected chi connectivity index (χ4v) is 3.92. The Balaban J connectivity index is 2.44. The van der Waals surface area contributed by atoms with E-state index in [-0.39, 0.29) is 11.0 Å². The van der Waals surface area contributed by atoms with Crippen LogP contribution in [-0.4, -0.2) is 30.8 Å².